The minimum atomic E-state index is -0.477. The smallest absolute Gasteiger partial charge is 0.339 e. The van der Waals surface area contributed by atoms with Gasteiger partial charge >= 0.3 is 6.03 Å². The van der Waals surface area contributed by atoms with Crippen LogP contribution in [0, 0.1) is 0 Å². The average molecular weight is 454 g/mol. The van der Waals surface area contributed by atoms with E-state index in [1.165, 1.54) is 0 Å². The van der Waals surface area contributed by atoms with Crippen LogP contribution in [0.3, 0.4) is 0 Å². The first-order valence-corrected chi connectivity index (χ1v) is 10.2. The van der Waals surface area contributed by atoms with Gasteiger partial charge in [-0.05, 0) is 73.2 Å². The van der Waals surface area contributed by atoms with Crippen LogP contribution in [0.5, 0.6) is 5.75 Å². The molecule has 0 aliphatic rings. The molecule has 0 saturated carbocycles. The summed E-state index contributed by atoms with van der Waals surface area (Å²) < 4.78 is 5.65. The minimum absolute atomic E-state index is 0.448. The van der Waals surface area contributed by atoms with Gasteiger partial charge < -0.3 is 10.1 Å². The second kappa shape index (κ2) is 10.7. The molecular weight excluding hydrogens is 433 g/mol. The molecule has 5 nitrogen and oxygen atoms in total. The molecule has 0 fully saturated rings. The van der Waals surface area contributed by atoms with Crippen molar-refractivity contribution in [1.29, 1.82) is 0 Å². The third-order valence-electron chi connectivity index (χ3n) is 4.10. The number of nitrogens with zero attached hydrogens (tertiary/aromatic N) is 1. The highest BCUT2D eigenvalue weighted by Gasteiger charge is 2.10. The number of nitrogens with one attached hydrogen (secondary N) is 2. The van der Waals surface area contributed by atoms with Gasteiger partial charge in [-0.15, -0.1) is 0 Å². The summed E-state index contributed by atoms with van der Waals surface area (Å²) in [6.07, 6.45) is 0. The Labute approximate surface area is 191 Å². The van der Waals surface area contributed by atoms with Crippen LogP contribution >= 0.6 is 23.2 Å². The number of halogens is 2. The van der Waals surface area contributed by atoms with Crippen molar-refractivity contribution < 1.29 is 9.53 Å². The molecule has 3 aromatic rings. The molecule has 0 aliphatic heterocycles. The van der Waals surface area contributed by atoms with Gasteiger partial charge in [0.2, 0.25) is 0 Å². The molecule has 0 aromatic heterocycles. The van der Waals surface area contributed by atoms with Gasteiger partial charge in [0.15, 0.2) is 0 Å². The highest BCUT2D eigenvalue weighted by atomic mass is 35.5. The molecule has 3 aromatic carbocycles. The Balaban J connectivity index is 1.80. The molecular formula is C24H21Cl2N3O2. The van der Waals surface area contributed by atoms with Crippen molar-refractivity contribution in [2.24, 2.45) is 5.10 Å². The first kappa shape index (κ1) is 22.4. The Hall–Kier alpha value is -3.28. The quantitative estimate of drug-likeness (QED) is 0.243. The number of urea groups is 1. The number of amides is 2. The molecule has 2 amide bonds. The van der Waals surface area contributed by atoms with Crippen LogP contribution < -0.4 is 15.5 Å². The van der Waals surface area contributed by atoms with Crippen LogP contribution in [-0.4, -0.2) is 18.3 Å². The van der Waals surface area contributed by atoms with Gasteiger partial charge in [0.05, 0.1) is 5.71 Å². The van der Waals surface area contributed by atoms with Crippen molar-refractivity contribution in [3.05, 3.63) is 106 Å². The van der Waals surface area contributed by atoms with Crippen LogP contribution in [0.15, 0.2) is 90.0 Å². The molecule has 2 N–H and O–H groups in total. The number of benzene rings is 3. The van der Waals surface area contributed by atoms with Crippen molar-refractivity contribution in [3.63, 3.8) is 0 Å². The lowest BCUT2D eigenvalue weighted by molar-refractivity contribution is 0.252. The number of ether oxygens (including phenoxy) is 1. The Bertz CT molecular complexity index is 1080. The van der Waals surface area contributed by atoms with Crippen LogP contribution in [-0.2, 0) is 0 Å². The zero-order valence-corrected chi connectivity index (χ0v) is 18.4. The maximum Gasteiger partial charge on any atom is 0.339 e. The molecule has 31 heavy (non-hydrogen) atoms. The summed E-state index contributed by atoms with van der Waals surface area (Å²) in [5.41, 5.74) is 6.25. The van der Waals surface area contributed by atoms with Crippen molar-refractivity contribution in [3.8, 4) is 5.75 Å². The summed E-state index contributed by atoms with van der Waals surface area (Å²) in [5, 5.41) is 8.25. The molecule has 0 bridgehead atoms. The lowest BCUT2D eigenvalue weighted by Gasteiger charge is -2.11. The van der Waals surface area contributed by atoms with Crippen molar-refractivity contribution in [1.82, 2.24) is 5.43 Å². The van der Waals surface area contributed by atoms with Crippen LogP contribution in [0.1, 0.15) is 18.1 Å². The normalized spacial score (nSPS) is 11.0. The molecule has 7 heteroatoms. The maximum absolute atomic E-state index is 12.3. The summed E-state index contributed by atoms with van der Waals surface area (Å²) in [4.78, 5) is 12.3. The molecule has 0 radical (unpaired) electrons. The molecule has 0 unspecified atom stereocenters. The van der Waals surface area contributed by atoms with Crippen molar-refractivity contribution in [2.75, 3.05) is 11.9 Å². The predicted octanol–water partition coefficient (Wildman–Crippen LogP) is 6.52. The molecule has 0 heterocycles. The Morgan fingerprint density at radius 1 is 0.903 bits per heavy atom. The summed E-state index contributed by atoms with van der Waals surface area (Å²) in [5.74, 6) is 0.718. The van der Waals surface area contributed by atoms with Crippen molar-refractivity contribution >= 4 is 40.6 Å². The molecule has 0 saturated heterocycles. The highest BCUT2D eigenvalue weighted by molar-refractivity contribution is 6.31. The Morgan fingerprint density at radius 2 is 1.42 bits per heavy atom. The van der Waals surface area contributed by atoms with E-state index in [1.807, 2.05) is 43.3 Å². The average Bonchev–Trinajstić information content (AvgIpc) is 2.76. The van der Waals surface area contributed by atoms with Gasteiger partial charge in [-0.2, -0.15) is 5.10 Å². The number of hydrazone groups is 1. The maximum atomic E-state index is 12.3. The van der Waals surface area contributed by atoms with Gasteiger partial charge in [0, 0.05) is 26.9 Å². The lowest BCUT2D eigenvalue weighted by Crippen LogP contribution is -2.26. The van der Waals surface area contributed by atoms with E-state index in [-0.39, 0.29) is 0 Å². The lowest BCUT2D eigenvalue weighted by atomic mass is 10.0. The number of anilines is 1. The zero-order chi connectivity index (χ0) is 22.2. The van der Waals surface area contributed by atoms with Gasteiger partial charge in [-0.3, -0.25) is 0 Å². The molecule has 158 valence electrons. The molecule has 0 spiro atoms. The first-order valence-electron chi connectivity index (χ1n) is 9.44. The predicted molar refractivity (Wildman–Crippen MR) is 127 cm³/mol. The second-order valence-corrected chi connectivity index (χ2v) is 7.68. The zero-order valence-electron chi connectivity index (χ0n) is 16.9. The summed E-state index contributed by atoms with van der Waals surface area (Å²) in [7, 11) is 0. The summed E-state index contributed by atoms with van der Waals surface area (Å²) in [6, 6.07) is 21.0. The van der Waals surface area contributed by atoms with E-state index in [1.54, 1.807) is 36.4 Å². The fourth-order valence-electron chi connectivity index (χ4n) is 2.62. The Kier molecular flexibility index (Phi) is 7.70. The topological polar surface area (TPSA) is 62.7 Å². The number of rotatable bonds is 7. The summed E-state index contributed by atoms with van der Waals surface area (Å²) >= 11 is 11.9. The first-order chi connectivity index (χ1) is 14.9. The largest absolute Gasteiger partial charge is 0.489 e. The van der Waals surface area contributed by atoms with E-state index >= 15 is 0 Å². The van der Waals surface area contributed by atoms with E-state index < -0.39 is 6.03 Å². The SMILES string of the molecule is C=C(C)COc1ccc(/C(=N/NC(=O)Nc2ccc(Cl)cc2)c2ccc(Cl)cc2)cc1. The highest BCUT2D eigenvalue weighted by Crippen LogP contribution is 2.18. The minimum Gasteiger partial charge on any atom is -0.489 e. The van der Waals surface area contributed by atoms with E-state index in [0.29, 0.717) is 28.1 Å². The van der Waals surface area contributed by atoms with Gasteiger partial charge in [0.25, 0.3) is 0 Å². The van der Waals surface area contributed by atoms with Crippen LogP contribution in [0.2, 0.25) is 10.0 Å². The summed E-state index contributed by atoms with van der Waals surface area (Å²) in [6.45, 7) is 6.18. The number of hydrogen-bond acceptors (Lipinski definition) is 3. The molecule has 0 aliphatic carbocycles. The Morgan fingerprint density at radius 3 is 1.97 bits per heavy atom. The number of carbonyl (C=O) groups excluding carboxylic acids is 1. The van der Waals surface area contributed by atoms with Crippen LogP contribution in [0.4, 0.5) is 10.5 Å². The molecule has 0 atom stereocenters. The van der Waals surface area contributed by atoms with E-state index in [9.17, 15) is 4.79 Å². The van der Waals surface area contributed by atoms with Gasteiger partial charge in [-0.25, -0.2) is 10.2 Å². The number of carbonyl (C=O) groups is 1. The molecule has 3 rings (SSSR count). The fraction of sp³-hybridized carbons (Fsp3) is 0.0833. The van der Waals surface area contributed by atoms with Crippen molar-refractivity contribution in [2.45, 2.75) is 6.92 Å². The number of hydrogen-bond donors (Lipinski definition) is 2. The second-order valence-electron chi connectivity index (χ2n) is 6.81. The fourth-order valence-corrected chi connectivity index (χ4v) is 2.87. The van der Waals surface area contributed by atoms with Gasteiger partial charge in [-0.1, -0.05) is 41.9 Å². The third kappa shape index (κ3) is 6.88. The van der Waals surface area contributed by atoms with E-state index in [2.05, 4.69) is 22.4 Å². The monoisotopic (exact) mass is 453 g/mol. The third-order valence-corrected chi connectivity index (χ3v) is 4.61. The standard InChI is InChI=1S/C24H21Cl2N3O2/c1-16(2)15-31-22-13-5-18(6-14-22)23(17-3-7-19(25)8-4-17)28-29-24(30)27-21-11-9-20(26)10-12-21/h3-14H,1,15H2,2H3,(H2,27,29,30)/b28-23+. The van der Waals surface area contributed by atoms with E-state index in [0.717, 1.165) is 22.4 Å². The van der Waals surface area contributed by atoms with Crippen LogP contribution in [0.25, 0.3) is 0 Å². The van der Waals surface area contributed by atoms with E-state index in [4.69, 9.17) is 27.9 Å². The van der Waals surface area contributed by atoms with Gasteiger partial charge in [0.1, 0.15) is 12.4 Å².